The number of phenolic OH excluding ortho intramolecular Hbond substituents is 3. The number of rotatable bonds is 3. The molecular weight excluding hydrogens is 633 g/mol. The van der Waals surface area contributed by atoms with E-state index in [2.05, 4.69) is 15.0 Å². The highest BCUT2D eigenvalue weighted by atomic mass is 27.0. The van der Waals surface area contributed by atoms with Crippen LogP contribution in [-0.2, 0) is 0 Å². The second-order valence-corrected chi connectivity index (χ2v) is 10.5. The quantitative estimate of drug-likeness (QED) is 0.158. The highest BCUT2D eigenvalue weighted by Gasteiger charge is 2.13. The van der Waals surface area contributed by atoms with Crippen LogP contribution < -0.4 is 0 Å². The summed E-state index contributed by atoms with van der Waals surface area (Å²) in [7, 11) is 0. The number of oxazole rings is 3. The van der Waals surface area contributed by atoms with E-state index in [0.717, 1.165) is 33.3 Å². The number of phenols is 3. The van der Waals surface area contributed by atoms with Crippen molar-refractivity contribution in [1.29, 1.82) is 0 Å². The number of aromatic nitrogens is 3. The lowest BCUT2D eigenvalue weighted by Crippen LogP contribution is -1.77. The summed E-state index contributed by atoms with van der Waals surface area (Å²) in [5.74, 6) is 1.86. The number of benzene rings is 6. The summed E-state index contributed by atoms with van der Waals surface area (Å²) in [5, 5.41) is 29.1. The van der Waals surface area contributed by atoms with Crippen LogP contribution >= 0.6 is 0 Å². The van der Waals surface area contributed by atoms with Gasteiger partial charge >= 0.3 is 0 Å². The molecule has 0 amide bonds. The average molecular weight is 661 g/mol. The van der Waals surface area contributed by atoms with Gasteiger partial charge in [-0.1, -0.05) is 72.8 Å². The minimum atomic E-state index is 0. The lowest BCUT2D eigenvalue weighted by molar-refractivity contribution is 0.473. The fourth-order valence-electron chi connectivity index (χ4n) is 4.93. The predicted molar refractivity (Wildman–Crippen MR) is 189 cm³/mol. The normalized spacial score (nSPS) is 10.5. The molecule has 3 radical (unpaired) electrons. The first-order chi connectivity index (χ1) is 23.5. The largest absolute Gasteiger partial charge is 0.507 e. The van der Waals surface area contributed by atoms with Gasteiger partial charge in [-0.2, -0.15) is 0 Å². The SMILES string of the molecule is Oc1ccccc1-c1nc2ccccc2o1.Oc1ccccc1-c1nc2ccccc2o1.Oc1ccccc1-c1nc2ccccc2o1.[Al]. The molecule has 0 aliphatic heterocycles. The summed E-state index contributed by atoms with van der Waals surface area (Å²) in [6.45, 7) is 0. The van der Waals surface area contributed by atoms with Crippen LogP contribution in [0, 0.1) is 0 Å². The van der Waals surface area contributed by atoms with Gasteiger partial charge in [-0.3, -0.25) is 0 Å². The van der Waals surface area contributed by atoms with Crippen LogP contribution in [0.2, 0.25) is 0 Å². The van der Waals surface area contributed by atoms with Crippen molar-refractivity contribution in [3.05, 3.63) is 146 Å². The van der Waals surface area contributed by atoms with Gasteiger partial charge < -0.3 is 28.6 Å². The Morgan fingerprint density at radius 2 is 0.571 bits per heavy atom. The van der Waals surface area contributed by atoms with E-state index in [1.54, 1.807) is 54.6 Å². The van der Waals surface area contributed by atoms with Gasteiger partial charge in [-0.05, 0) is 72.8 Å². The van der Waals surface area contributed by atoms with Crippen molar-refractivity contribution >= 4 is 50.7 Å². The molecule has 0 spiro atoms. The number of hydrogen-bond donors (Lipinski definition) is 3. The Morgan fingerprint density at radius 3 is 0.837 bits per heavy atom. The molecule has 0 saturated carbocycles. The lowest BCUT2D eigenvalue weighted by atomic mass is 10.2. The Morgan fingerprint density at radius 1 is 0.327 bits per heavy atom. The molecule has 3 N–H and O–H groups in total. The Kier molecular flexibility index (Phi) is 9.72. The van der Waals surface area contributed by atoms with E-state index in [1.165, 1.54) is 0 Å². The van der Waals surface area contributed by atoms with Crippen molar-refractivity contribution in [2.24, 2.45) is 0 Å². The third-order valence-electron chi connectivity index (χ3n) is 7.29. The van der Waals surface area contributed by atoms with Gasteiger partial charge in [0, 0.05) is 17.4 Å². The molecule has 0 fully saturated rings. The summed E-state index contributed by atoms with van der Waals surface area (Å²) < 4.78 is 16.7. The van der Waals surface area contributed by atoms with Gasteiger partial charge in [0.2, 0.25) is 17.7 Å². The zero-order valence-electron chi connectivity index (χ0n) is 25.8. The Balaban J connectivity index is 0.000000126. The van der Waals surface area contributed by atoms with E-state index in [4.69, 9.17) is 13.3 Å². The van der Waals surface area contributed by atoms with Gasteiger partial charge in [-0.15, -0.1) is 0 Å². The molecule has 10 heteroatoms. The Bertz CT molecular complexity index is 2110. The van der Waals surface area contributed by atoms with Gasteiger partial charge in [0.25, 0.3) is 0 Å². The molecule has 3 aromatic heterocycles. The third kappa shape index (κ3) is 7.16. The van der Waals surface area contributed by atoms with E-state index in [0.29, 0.717) is 34.4 Å². The second kappa shape index (κ2) is 14.6. The number of nitrogens with zero attached hydrogens (tertiary/aromatic N) is 3. The monoisotopic (exact) mass is 660 g/mol. The fraction of sp³-hybridized carbons (Fsp3) is 0. The minimum absolute atomic E-state index is 0. The minimum Gasteiger partial charge on any atom is -0.507 e. The van der Waals surface area contributed by atoms with Crippen molar-refractivity contribution in [3.63, 3.8) is 0 Å². The highest BCUT2D eigenvalue weighted by Crippen LogP contribution is 2.32. The summed E-state index contributed by atoms with van der Waals surface area (Å²) in [5.41, 5.74) is 6.38. The molecule has 0 bridgehead atoms. The lowest BCUT2D eigenvalue weighted by Gasteiger charge is -1.97. The molecule has 6 aromatic carbocycles. The van der Waals surface area contributed by atoms with Crippen molar-refractivity contribution in [1.82, 2.24) is 15.0 Å². The fourth-order valence-corrected chi connectivity index (χ4v) is 4.93. The van der Waals surface area contributed by atoms with Crippen molar-refractivity contribution < 1.29 is 28.6 Å². The number of fused-ring (bicyclic) bond motifs is 3. The van der Waals surface area contributed by atoms with E-state index in [9.17, 15) is 15.3 Å². The molecule has 0 atom stereocenters. The van der Waals surface area contributed by atoms with Crippen LogP contribution in [0.5, 0.6) is 17.2 Å². The Hall–Kier alpha value is -6.34. The molecule has 0 unspecified atom stereocenters. The number of para-hydroxylation sites is 9. The third-order valence-corrected chi connectivity index (χ3v) is 7.29. The van der Waals surface area contributed by atoms with Crippen LogP contribution in [0.25, 0.3) is 67.7 Å². The zero-order valence-corrected chi connectivity index (χ0v) is 27.0. The molecular formula is C39H27AlN3O6. The molecule has 9 nitrogen and oxygen atoms in total. The average Bonchev–Trinajstić information content (AvgIpc) is 3.86. The molecule has 0 aliphatic carbocycles. The van der Waals surface area contributed by atoms with Crippen LogP contribution in [0.1, 0.15) is 0 Å². The standard InChI is InChI=1S/3C13H9NO2.Al/c3*15-11-7-3-1-5-9(11)13-14-10-6-2-4-8-12(10)16-13;/h3*1-8,15H;. The number of hydrogen-bond acceptors (Lipinski definition) is 9. The van der Waals surface area contributed by atoms with Crippen molar-refractivity contribution in [2.75, 3.05) is 0 Å². The van der Waals surface area contributed by atoms with E-state index < -0.39 is 0 Å². The predicted octanol–water partition coefficient (Wildman–Crippen LogP) is 9.22. The van der Waals surface area contributed by atoms with E-state index >= 15 is 0 Å². The maximum Gasteiger partial charge on any atom is 0.231 e. The van der Waals surface area contributed by atoms with Crippen LogP contribution in [0.4, 0.5) is 0 Å². The van der Waals surface area contributed by atoms with Crippen LogP contribution in [0.3, 0.4) is 0 Å². The molecule has 9 rings (SSSR count). The molecule has 237 valence electrons. The zero-order chi connectivity index (χ0) is 32.9. The highest BCUT2D eigenvalue weighted by molar-refractivity contribution is 5.79. The summed E-state index contributed by atoms with van der Waals surface area (Å²) in [6, 6.07) is 43.6. The van der Waals surface area contributed by atoms with E-state index in [1.807, 2.05) is 91.0 Å². The topological polar surface area (TPSA) is 139 Å². The van der Waals surface area contributed by atoms with Gasteiger partial charge in [0.05, 0.1) is 16.7 Å². The first-order valence-electron chi connectivity index (χ1n) is 15.0. The smallest absolute Gasteiger partial charge is 0.231 e. The second-order valence-electron chi connectivity index (χ2n) is 10.5. The van der Waals surface area contributed by atoms with Gasteiger partial charge in [0.1, 0.15) is 33.8 Å². The van der Waals surface area contributed by atoms with Crippen molar-refractivity contribution in [2.45, 2.75) is 0 Å². The first kappa shape index (κ1) is 32.6. The Labute approximate surface area is 290 Å². The number of aromatic hydroxyl groups is 3. The molecule has 3 heterocycles. The van der Waals surface area contributed by atoms with Crippen LogP contribution in [0.15, 0.2) is 159 Å². The maximum atomic E-state index is 9.69. The van der Waals surface area contributed by atoms with Crippen molar-refractivity contribution in [3.8, 4) is 51.6 Å². The molecule has 0 aliphatic rings. The molecule has 49 heavy (non-hydrogen) atoms. The summed E-state index contributed by atoms with van der Waals surface area (Å²) >= 11 is 0. The maximum absolute atomic E-state index is 9.69. The van der Waals surface area contributed by atoms with Crippen LogP contribution in [-0.4, -0.2) is 47.6 Å². The molecule has 0 saturated heterocycles. The first-order valence-corrected chi connectivity index (χ1v) is 15.0. The van der Waals surface area contributed by atoms with Gasteiger partial charge in [-0.25, -0.2) is 15.0 Å². The van der Waals surface area contributed by atoms with E-state index in [-0.39, 0.29) is 34.6 Å². The summed E-state index contributed by atoms with van der Waals surface area (Å²) in [6.07, 6.45) is 0. The summed E-state index contributed by atoms with van der Waals surface area (Å²) in [4.78, 5) is 13.0. The molecule has 9 aromatic rings. The van der Waals surface area contributed by atoms with Gasteiger partial charge in [0.15, 0.2) is 16.7 Å².